The summed E-state index contributed by atoms with van der Waals surface area (Å²) in [5, 5.41) is 3.38. The highest BCUT2D eigenvalue weighted by molar-refractivity contribution is 6.12. The normalized spacial score (nSPS) is 10.3. The molecule has 0 spiro atoms. The molecule has 2 heteroatoms. The van der Waals surface area contributed by atoms with E-state index in [2.05, 4.69) is 36.5 Å². The fraction of sp³-hybridized carbons (Fsp3) is 0.0952. The van der Waals surface area contributed by atoms with Gasteiger partial charge in [0.05, 0.1) is 0 Å². The van der Waals surface area contributed by atoms with Crippen LogP contribution in [0, 0.1) is 6.92 Å². The van der Waals surface area contributed by atoms with E-state index in [1.807, 2.05) is 54.6 Å². The lowest BCUT2D eigenvalue weighted by Crippen LogP contribution is -2.08. The van der Waals surface area contributed by atoms with Gasteiger partial charge in [0.1, 0.15) is 0 Å². The first kappa shape index (κ1) is 15.0. The maximum Gasteiger partial charge on any atom is 0.195 e. The lowest BCUT2D eigenvalue weighted by Gasteiger charge is -2.11. The van der Waals surface area contributed by atoms with Gasteiger partial charge < -0.3 is 5.32 Å². The third-order valence-electron chi connectivity index (χ3n) is 3.81. The standard InChI is InChI=1S/C21H19NO/c1-16-11-13-17(14-12-16)15-22-20-10-6-5-9-19(20)21(23)18-7-3-2-4-8-18/h2-14,22H,15H2,1H3. The molecule has 0 bridgehead atoms. The predicted molar refractivity (Wildman–Crippen MR) is 94.8 cm³/mol. The molecule has 0 fully saturated rings. The van der Waals surface area contributed by atoms with Gasteiger partial charge in [-0.3, -0.25) is 4.79 Å². The molecule has 0 saturated carbocycles. The molecule has 0 aromatic heterocycles. The molecule has 0 aliphatic rings. The number of rotatable bonds is 5. The van der Waals surface area contributed by atoms with E-state index in [4.69, 9.17) is 0 Å². The number of aryl methyl sites for hydroxylation is 1. The SMILES string of the molecule is Cc1ccc(CNc2ccccc2C(=O)c2ccccc2)cc1. The van der Waals surface area contributed by atoms with E-state index in [1.54, 1.807) is 0 Å². The molecular formula is C21H19NO. The van der Waals surface area contributed by atoms with Gasteiger partial charge in [0.25, 0.3) is 0 Å². The van der Waals surface area contributed by atoms with Crippen LogP contribution in [0.4, 0.5) is 5.69 Å². The van der Waals surface area contributed by atoms with Crippen molar-refractivity contribution in [2.45, 2.75) is 13.5 Å². The van der Waals surface area contributed by atoms with Crippen LogP contribution in [0.1, 0.15) is 27.0 Å². The van der Waals surface area contributed by atoms with E-state index in [9.17, 15) is 4.79 Å². The molecule has 0 saturated heterocycles. The largest absolute Gasteiger partial charge is 0.380 e. The first-order chi connectivity index (χ1) is 11.2. The van der Waals surface area contributed by atoms with Crippen LogP contribution >= 0.6 is 0 Å². The van der Waals surface area contributed by atoms with Gasteiger partial charge >= 0.3 is 0 Å². The molecule has 3 aromatic carbocycles. The van der Waals surface area contributed by atoms with Crippen molar-refractivity contribution in [1.29, 1.82) is 0 Å². The van der Waals surface area contributed by atoms with E-state index in [1.165, 1.54) is 11.1 Å². The van der Waals surface area contributed by atoms with Crippen molar-refractivity contribution in [3.63, 3.8) is 0 Å². The molecule has 1 N–H and O–H groups in total. The molecule has 0 radical (unpaired) electrons. The van der Waals surface area contributed by atoms with Gasteiger partial charge in [-0.05, 0) is 24.6 Å². The zero-order chi connectivity index (χ0) is 16.1. The molecule has 3 rings (SSSR count). The number of hydrogen-bond acceptors (Lipinski definition) is 2. The summed E-state index contributed by atoms with van der Waals surface area (Å²) in [6.45, 7) is 2.77. The molecule has 23 heavy (non-hydrogen) atoms. The summed E-state index contributed by atoms with van der Waals surface area (Å²) in [4.78, 5) is 12.7. The lowest BCUT2D eigenvalue weighted by molar-refractivity contribution is 0.103. The number of para-hydroxylation sites is 1. The van der Waals surface area contributed by atoms with Crippen LogP contribution in [0.25, 0.3) is 0 Å². The van der Waals surface area contributed by atoms with Crippen LogP contribution in [0.5, 0.6) is 0 Å². The third-order valence-corrected chi connectivity index (χ3v) is 3.81. The van der Waals surface area contributed by atoms with Gasteiger partial charge in [-0.2, -0.15) is 0 Å². The van der Waals surface area contributed by atoms with Crippen molar-refractivity contribution in [1.82, 2.24) is 0 Å². The van der Waals surface area contributed by atoms with Gasteiger partial charge in [0, 0.05) is 23.4 Å². The fourth-order valence-electron chi connectivity index (χ4n) is 2.48. The smallest absolute Gasteiger partial charge is 0.195 e. The van der Waals surface area contributed by atoms with Gasteiger partial charge in [-0.1, -0.05) is 72.3 Å². The number of carbonyl (C=O) groups is 1. The van der Waals surface area contributed by atoms with E-state index in [0.717, 1.165) is 5.69 Å². The van der Waals surface area contributed by atoms with E-state index in [-0.39, 0.29) is 5.78 Å². The van der Waals surface area contributed by atoms with Crippen LogP contribution in [-0.2, 0) is 6.54 Å². The molecule has 0 unspecified atom stereocenters. The van der Waals surface area contributed by atoms with Crippen molar-refractivity contribution in [3.8, 4) is 0 Å². The minimum Gasteiger partial charge on any atom is -0.380 e. The van der Waals surface area contributed by atoms with Crippen molar-refractivity contribution in [3.05, 3.63) is 101 Å². The van der Waals surface area contributed by atoms with Crippen molar-refractivity contribution in [2.75, 3.05) is 5.32 Å². The second-order valence-corrected chi connectivity index (χ2v) is 5.58. The van der Waals surface area contributed by atoms with Crippen LogP contribution in [-0.4, -0.2) is 5.78 Å². The molecule has 0 atom stereocenters. The van der Waals surface area contributed by atoms with Crippen LogP contribution in [0.3, 0.4) is 0 Å². The molecule has 2 nitrogen and oxygen atoms in total. The Balaban J connectivity index is 1.80. The average Bonchev–Trinajstić information content (AvgIpc) is 2.62. The zero-order valence-corrected chi connectivity index (χ0v) is 13.1. The third kappa shape index (κ3) is 3.67. The first-order valence-corrected chi connectivity index (χ1v) is 7.72. The van der Waals surface area contributed by atoms with Crippen LogP contribution in [0.15, 0.2) is 78.9 Å². The summed E-state index contributed by atoms with van der Waals surface area (Å²) >= 11 is 0. The predicted octanol–water partition coefficient (Wildman–Crippen LogP) is 4.84. The Morgan fingerprint density at radius 1 is 0.826 bits per heavy atom. The summed E-state index contributed by atoms with van der Waals surface area (Å²) in [5.74, 6) is 0.0395. The highest BCUT2D eigenvalue weighted by atomic mass is 16.1. The number of benzene rings is 3. The molecule has 0 heterocycles. The second-order valence-electron chi connectivity index (χ2n) is 5.58. The molecule has 0 aliphatic carbocycles. The average molecular weight is 301 g/mol. The highest BCUT2D eigenvalue weighted by Gasteiger charge is 2.12. The topological polar surface area (TPSA) is 29.1 Å². The number of anilines is 1. The van der Waals surface area contributed by atoms with Crippen molar-refractivity contribution >= 4 is 11.5 Å². The number of ketones is 1. The molecule has 0 aliphatic heterocycles. The zero-order valence-electron chi connectivity index (χ0n) is 13.1. The molecule has 3 aromatic rings. The Hall–Kier alpha value is -2.87. The number of carbonyl (C=O) groups excluding carboxylic acids is 1. The van der Waals surface area contributed by atoms with Gasteiger partial charge in [-0.25, -0.2) is 0 Å². The van der Waals surface area contributed by atoms with E-state index in [0.29, 0.717) is 17.7 Å². The monoisotopic (exact) mass is 301 g/mol. The van der Waals surface area contributed by atoms with Crippen LogP contribution < -0.4 is 5.32 Å². The minimum atomic E-state index is 0.0395. The first-order valence-electron chi connectivity index (χ1n) is 7.72. The Morgan fingerprint density at radius 2 is 1.48 bits per heavy atom. The van der Waals surface area contributed by atoms with Crippen molar-refractivity contribution < 1.29 is 4.79 Å². The Morgan fingerprint density at radius 3 is 2.22 bits per heavy atom. The molecule has 114 valence electrons. The van der Waals surface area contributed by atoms with Crippen molar-refractivity contribution in [2.24, 2.45) is 0 Å². The summed E-state index contributed by atoms with van der Waals surface area (Å²) in [6.07, 6.45) is 0. The van der Waals surface area contributed by atoms with E-state index < -0.39 is 0 Å². The minimum absolute atomic E-state index is 0.0395. The number of nitrogens with one attached hydrogen (secondary N) is 1. The summed E-state index contributed by atoms with van der Waals surface area (Å²) in [6, 6.07) is 25.4. The second kappa shape index (κ2) is 6.93. The maximum absolute atomic E-state index is 12.7. The maximum atomic E-state index is 12.7. The lowest BCUT2D eigenvalue weighted by atomic mass is 10.0. The van der Waals surface area contributed by atoms with Gasteiger partial charge in [0.15, 0.2) is 5.78 Å². The molecule has 0 amide bonds. The molecular weight excluding hydrogens is 282 g/mol. The quantitative estimate of drug-likeness (QED) is 0.683. The summed E-state index contributed by atoms with van der Waals surface area (Å²) in [5.41, 5.74) is 4.70. The van der Waals surface area contributed by atoms with Gasteiger partial charge in [0.2, 0.25) is 0 Å². The Kier molecular flexibility index (Phi) is 4.53. The van der Waals surface area contributed by atoms with Crippen LogP contribution in [0.2, 0.25) is 0 Å². The number of hydrogen-bond donors (Lipinski definition) is 1. The fourth-order valence-corrected chi connectivity index (χ4v) is 2.48. The Labute approximate surface area is 136 Å². The summed E-state index contributed by atoms with van der Waals surface area (Å²) in [7, 11) is 0. The van der Waals surface area contributed by atoms with Gasteiger partial charge in [-0.15, -0.1) is 0 Å². The van der Waals surface area contributed by atoms with E-state index >= 15 is 0 Å². The highest BCUT2D eigenvalue weighted by Crippen LogP contribution is 2.20. The Bertz CT molecular complexity index is 792. The summed E-state index contributed by atoms with van der Waals surface area (Å²) < 4.78 is 0.